The highest BCUT2D eigenvalue weighted by Crippen LogP contribution is 2.47. The molecule has 2 heterocycles. The number of halogens is 3. The molecule has 26 heavy (non-hydrogen) atoms. The van der Waals surface area contributed by atoms with Gasteiger partial charge >= 0.3 is 0 Å². The molecule has 2 N–H and O–H groups in total. The van der Waals surface area contributed by atoms with E-state index in [4.69, 9.17) is 11.6 Å². The third-order valence-electron chi connectivity index (χ3n) is 4.07. The average Bonchev–Trinajstić information content (AvgIpc) is 2.92. The molecule has 0 aliphatic carbocycles. The van der Waals surface area contributed by atoms with Crippen molar-refractivity contribution >= 4 is 33.2 Å². The summed E-state index contributed by atoms with van der Waals surface area (Å²) in [6.45, 7) is 0. The predicted octanol–water partition coefficient (Wildman–Crippen LogP) is 5.56. The number of hydrogen-bond acceptors (Lipinski definition) is 3. The first-order valence-electron chi connectivity index (χ1n) is 7.56. The number of nitrogens with one attached hydrogen (secondary N) is 1. The monoisotopic (exact) mass is 389 g/mol. The molecule has 3 nitrogen and oxygen atoms in total. The van der Waals surface area contributed by atoms with Gasteiger partial charge in [-0.05, 0) is 17.7 Å². The second kappa shape index (κ2) is 6.23. The molecule has 2 aromatic heterocycles. The van der Waals surface area contributed by atoms with Crippen LogP contribution in [0.15, 0.2) is 53.3 Å². The molecule has 0 aliphatic rings. The van der Waals surface area contributed by atoms with Gasteiger partial charge in [0.2, 0.25) is 0 Å². The molecule has 0 unspecified atom stereocenters. The first kappa shape index (κ1) is 16.8. The van der Waals surface area contributed by atoms with Gasteiger partial charge in [-0.2, -0.15) is 0 Å². The average molecular weight is 390 g/mol. The molecule has 0 bridgehead atoms. The van der Waals surface area contributed by atoms with Gasteiger partial charge in [-0.15, -0.1) is 11.3 Å². The normalized spacial score (nSPS) is 11.2. The van der Waals surface area contributed by atoms with Crippen molar-refractivity contribution in [2.45, 2.75) is 0 Å². The lowest BCUT2D eigenvalue weighted by molar-refractivity contribution is 0.483. The summed E-state index contributed by atoms with van der Waals surface area (Å²) in [5.74, 6) is -1.98. The van der Waals surface area contributed by atoms with Crippen molar-refractivity contribution < 1.29 is 13.9 Å². The summed E-state index contributed by atoms with van der Waals surface area (Å²) in [6.07, 6.45) is 0. The van der Waals surface area contributed by atoms with E-state index in [0.29, 0.717) is 5.56 Å². The third kappa shape index (κ3) is 2.50. The Kier molecular flexibility index (Phi) is 4.01. The second-order valence-electron chi connectivity index (χ2n) is 5.60. The molecular formula is C19H10ClF2NO2S. The Hall–Kier alpha value is -2.70. The first-order chi connectivity index (χ1) is 12.5. The maximum atomic E-state index is 14.3. The molecular weight excluding hydrogens is 380 g/mol. The predicted molar refractivity (Wildman–Crippen MR) is 99.9 cm³/mol. The molecule has 0 radical (unpaired) electrons. The van der Waals surface area contributed by atoms with Gasteiger partial charge in [0.1, 0.15) is 26.6 Å². The fourth-order valence-electron chi connectivity index (χ4n) is 2.95. The zero-order valence-corrected chi connectivity index (χ0v) is 14.6. The van der Waals surface area contributed by atoms with Crippen LogP contribution in [-0.2, 0) is 0 Å². The minimum Gasteiger partial charge on any atom is -0.506 e. The van der Waals surface area contributed by atoms with E-state index < -0.39 is 17.2 Å². The van der Waals surface area contributed by atoms with E-state index in [1.54, 1.807) is 30.3 Å². The molecule has 0 saturated heterocycles. The number of pyridine rings is 1. The van der Waals surface area contributed by atoms with E-state index in [-0.39, 0.29) is 37.0 Å². The molecule has 0 saturated carbocycles. The lowest BCUT2D eigenvalue weighted by Crippen LogP contribution is -2.08. The number of thiophene rings is 1. The van der Waals surface area contributed by atoms with Crippen molar-refractivity contribution in [1.29, 1.82) is 0 Å². The maximum Gasteiger partial charge on any atom is 0.260 e. The fourth-order valence-corrected chi connectivity index (χ4v) is 4.30. The van der Waals surface area contributed by atoms with Gasteiger partial charge in [0.05, 0.1) is 16.5 Å². The molecule has 2 aromatic carbocycles. The van der Waals surface area contributed by atoms with Gasteiger partial charge < -0.3 is 10.1 Å². The highest BCUT2D eigenvalue weighted by atomic mass is 35.5. The number of benzene rings is 2. The summed E-state index contributed by atoms with van der Waals surface area (Å²) >= 11 is 7.16. The molecule has 4 aromatic rings. The van der Waals surface area contributed by atoms with E-state index in [2.05, 4.69) is 4.98 Å². The Labute approximate surface area is 155 Å². The van der Waals surface area contributed by atoms with Crippen LogP contribution in [0.4, 0.5) is 8.78 Å². The number of aromatic hydroxyl groups is 1. The highest BCUT2D eigenvalue weighted by molar-refractivity contribution is 7.23. The minimum atomic E-state index is -0.807. The minimum absolute atomic E-state index is 0.0190. The molecule has 0 fully saturated rings. The van der Waals surface area contributed by atoms with Crippen molar-refractivity contribution in [3.8, 4) is 28.0 Å². The standard InChI is InChI=1S/C19H10ClF2NO2S/c20-17-14(13-10(21)7-4-8-11(13)22)15-16(24)12(9-5-2-1-3-6-9)18(25)23-19(15)26-17/h1-8H,(H2,23,24,25). The van der Waals surface area contributed by atoms with Gasteiger partial charge in [0.25, 0.3) is 5.56 Å². The van der Waals surface area contributed by atoms with Crippen molar-refractivity contribution in [2.24, 2.45) is 0 Å². The van der Waals surface area contributed by atoms with E-state index in [0.717, 1.165) is 23.5 Å². The fraction of sp³-hybridized carbons (Fsp3) is 0. The molecule has 130 valence electrons. The van der Waals surface area contributed by atoms with Gasteiger partial charge in [0, 0.05) is 5.56 Å². The summed E-state index contributed by atoms with van der Waals surface area (Å²) in [4.78, 5) is 15.3. The Morgan fingerprint density at radius 3 is 2.23 bits per heavy atom. The summed E-state index contributed by atoms with van der Waals surface area (Å²) < 4.78 is 28.7. The van der Waals surface area contributed by atoms with Gasteiger partial charge in [0.15, 0.2) is 0 Å². The maximum absolute atomic E-state index is 14.3. The Morgan fingerprint density at radius 2 is 1.58 bits per heavy atom. The van der Waals surface area contributed by atoms with Crippen LogP contribution in [0.5, 0.6) is 5.75 Å². The lowest BCUT2D eigenvalue weighted by Gasteiger charge is -2.09. The van der Waals surface area contributed by atoms with Crippen molar-refractivity contribution in [2.75, 3.05) is 0 Å². The summed E-state index contributed by atoms with van der Waals surface area (Å²) in [5, 5.41) is 10.9. The van der Waals surface area contributed by atoms with Crippen molar-refractivity contribution in [1.82, 2.24) is 4.98 Å². The Bertz CT molecular complexity index is 1180. The quantitative estimate of drug-likeness (QED) is 0.471. The van der Waals surface area contributed by atoms with E-state index in [1.165, 1.54) is 6.07 Å². The number of rotatable bonds is 2. The van der Waals surface area contributed by atoms with Crippen LogP contribution in [0.3, 0.4) is 0 Å². The Balaban J connectivity index is 2.14. The smallest absolute Gasteiger partial charge is 0.260 e. The molecule has 0 atom stereocenters. The van der Waals surface area contributed by atoms with Gasteiger partial charge in [-0.1, -0.05) is 48.0 Å². The summed E-state index contributed by atoms with van der Waals surface area (Å²) in [7, 11) is 0. The largest absolute Gasteiger partial charge is 0.506 e. The number of aromatic nitrogens is 1. The highest BCUT2D eigenvalue weighted by Gasteiger charge is 2.25. The number of fused-ring (bicyclic) bond motifs is 1. The van der Waals surface area contributed by atoms with Crippen LogP contribution in [0.2, 0.25) is 4.34 Å². The first-order valence-corrected chi connectivity index (χ1v) is 8.75. The zero-order chi connectivity index (χ0) is 18.4. The number of H-pyrrole nitrogens is 1. The topological polar surface area (TPSA) is 53.1 Å². The Morgan fingerprint density at radius 1 is 0.923 bits per heavy atom. The zero-order valence-electron chi connectivity index (χ0n) is 13.0. The van der Waals surface area contributed by atoms with Crippen molar-refractivity contribution in [3.63, 3.8) is 0 Å². The number of hydrogen-bond donors (Lipinski definition) is 2. The van der Waals surface area contributed by atoms with Crippen LogP contribution in [-0.4, -0.2) is 10.1 Å². The van der Waals surface area contributed by atoms with Crippen LogP contribution in [0.25, 0.3) is 32.5 Å². The second-order valence-corrected chi connectivity index (χ2v) is 7.22. The summed E-state index contributed by atoms with van der Waals surface area (Å²) in [5.41, 5.74) is -0.334. The molecule has 7 heteroatoms. The van der Waals surface area contributed by atoms with E-state index in [1.807, 2.05) is 0 Å². The van der Waals surface area contributed by atoms with E-state index >= 15 is 0 Å². The van der Waals surface area contributed by atoms with E-state index in [9.17, 15) is 18.7 Å². The van der Waals surface area contributed by atoms with Gasteiger partial charge in [-0.3, -0.25) is 4.79 Å². The third-order valence-corrected chi connectivity index (χ3v) is 5.38. The number of aromatic amines is 1. The van der Waals surface area contributed by atoms with Gasteiger partial charge in [-0.25, -0.2) is 8.78 Å². The molecule has 0 spiro atoms. The molecule has 0 aliphatic heterocycles. The van der Waals surface area contributed by atoms with Crippen LogP contribution in [0, 0.1) is 11.6 Å². The van der Waals surface area contributed by atoms with Crippen LogP contribution < -0.4 is 5.56 Å². The summed E-state index contributed by atoms with van der Waals surface area (Å²) in [6, 6.07) is 12.0. The van der Waals surface area contributed by atoms with Crippen LogP contribution >= 0.6 is 22.9 Å². The van der Waals surface area contributed by atoms with Crippen molar-refractivity contribution in [3.05, 3.63) is 74.9 Å². The molecule has 0 amide bonds. The molecule has 4 rings (SSSR count). The van der Waals surface area contributed by atoms with Crippen LogP contribution in [0.1, 0.15) is 0 Å². The lowest BCUT2D eigenvalue weighted by atomic mass is 10.00. The SMILES string of the molecule is O=c1[nH]c2sc(Cl)c(-c3c(F)cccc3F)c2c(O)c1-c1ccccc1.